The lowest BCUT2D eigenvalue weighted by Gasteiger charge is -2.62. The van der Waals surface area contributed by atoms with Crippen molar-refractivity contribution in [1.29, 1.82) is 0 Å². The average molecular weight is 734 g/mol. The Kier molecular flexibility index (Phi) is 12.9. The maximum atomic E-state index is 14.7. The van der Waals surface area contributed by atoms with E-state index in [9.17, 15) is 14.7 Å². The third-order valence-corrected chi connectivity index (χ3v) is 12.4. The third kappa shape index (κ3) is 8.71. The van der Waals surface area contributed by atoms with E-state index < -0.39 is 18.1 Å². The van der Waals surface area contributed by atoms with Crippen LogP contribution in [0.1, 0.15) is 84.2 Å². The number of nitrogens with one attached hydrogen (secondary N) is 2. The van der Waals surface area contributed by atoms with E-state index in [0.29, 0.717) is 52.9 Å². The van der Waals surface area contributed by atoms with Crippen molar-refractivity contribution >= 4 is 17.5 Å². The number of carbonyl (C=O) groups excluding carboxylic acids is 2. The van der Waals surface area contributed by atoms with Crippen LogP contribution in [-0.2, 0) is 16.2 Å². The molecule has 3 aliphatic carbocycles. The fraction of sp³-hybridized carbons (Fsp3) is 0.674. The summed E-state index contributed by atoms with van der Waals surface area (Å²) in [5.74, 6) is 2.43. The van der Waals surface area contributed by atoms with Crippen molar-refractivity contribution in [2.24, 2.45) is 40.9 Å². The minimum atomic E-state index is -0.776. The Morgan fingerprint density at radius 2 is 1.74 bits per heavy atom. The lowest BCUT2D eigenvalue weighted by atomic mass is 9.45. The molecule has 1 heterocycles. The Labute approximate surface area is 318 Å². The first kappa shape index (κ1) is 41.0. The Morgan fingerprint density at radius 1 is 1.06 bits per heavy atom. The highest BCUT2D eigenvalue weighted by atomic mass is 16.7. The molecule has 1 saturated heterocycles. The molecule has 4 fully saturated rings. The minimum Gasteiger partial charge on any atom is -0.496 e. The number of hydroxylamine groups is 2. The quantitative estimate of drug-likeness (QED) is 0.203. The fourth-order valence-electron chi connectivity index (χ4n) is 9.64. The van der Waals surface area contributed by atoms with Gasteiger partial charge in [-0.3, -0.25) is 14.4 Å². The molecule has 2 aromatic rings. The van der Waals surface area contributed by atoms with Gasteiger partial charge in [-0.15, -0.1) is 0 Å². The van der Waals surface area contributed by atoms with Crippen molar-refractivity contribution in [3.8, 4) is 16.9 Å². The number of nitrogens with zero attached hydrogens (tertiary/aromatic N) is 3. The molecule has 4 aliphatic rings. The van der Waals surface area contributed by atoms with Crippen LogP contribution in [0.4, 0.5) is 5.69 Å². The van der Waals surface area contributed by atoms with E-state index in [1.807, 2.05) is 60.5 Å². The van der Waals surface area contributed by atoms with E-state index in [0.717, 1.165) is 41.9 Å². The SMILES string of the molecule is CNC(=O)c1cc(-c2cccc(CN3OC(CN(CC(C)C)CC(C)C)[C@@H]([C@H](C)O)[C@H]3C(=O)N[C@H]3C[C@H]4C[C@@H](C3C)C4(C)C)c2OC)cc(N(C)C)c1. The number of amides is 2. The van der Waals surface area contributed by atoms with Gasteiger partial charge in [0.15, 0.2) is 0 Å². The second kappa shape index (κ2) is 16.7. The number of anilines is 1. The molecule has 3 saturated carbocycles. The number of hydrogen-bond acceptors (Lipinski definition) is 8. The second-order valence-corrected chi connectivity index (χ2v) is 17.8. The lowest BCUT2D eigenvalue weighted by Crippen LogP contribution is -2.62. The topological polar surface area (TPSA) is 107 Å². The van der Waals surface area contributed by atoms with Crippen molar-refractivity contribution in [3.05, 3.63) is 47.5 Å². The van der Waals surface area contributed by atoms with Crippen molar-refractivity contribution in [1.82, 2.24) is 20.6 Å². The number of ether oxygens (including phenoxy) is 1. The molecule has 3 N–H and O–H groups in total. The highest BCUT2D eigenvalue weighted by Crippen LogP contribution is 2.61. The molecule has 6 rings (SSSR count). The smallest absolute Gasteiger partial charge is 0.251 e. The van der Waals surface area contributed by atoms with Crippen LogP contribution in [0.25, 0.3) is 11.1 Å². The molecule has 0 radical (unpaired) electrons. The zero-order valence-electron chi connectivity index (χ0n) is 34.4. The molecule has 53 heavy (non-hydrogen) atoms. The van der Waals surface area contributed by atoms with E-state index in [4.69, 9.17) is 9.57 Å². The summed E-state index contributed by atoms with van der Waals surface area (Å²) in [7, 11) is 7.19. The largest absolute Gasteiger partial charge is 0.496 e. The van der Waals surface area contributed by atoms with Crippen LogP contribution < -0.4 is 20.3 Å². The van der Waals surface area contributed by atoms with E-state index in [1.165, 1.54) is 6.42 Å². The van der Waals surface area contributed by atoms with Gasteiger partial charge in [0.1, 0.15) is 11.8 Å². The molecular weight excluding hydrogens is 667 g/mol. The number of rotatable bonds is 15. The van der Waals surface area contributed by atoms with Gasteiger partial charge in [-0.25, -0.2) is 0 Å². The molecule has 2 bridgehead atoms. The summed E-state index contributed by atoms with van der Waals surface area (Å²) in [5.41, 5.74) is 4.27. The fourth-order valence-corrected chi connectivity index (χ4v) is 9.64. The van der Waals surface area contributed by atoms with E-state index in [1.54, 1.807) is 21.1 Å². The Balaban J connectivity index is 1.52. The van der Waals surface area contributed by atoms with Gasteiger partial charge < -0.3 is 30.3 Å². The van der Waals surface area contributed by atoms with E-state index in [2.05, 4.69) is 64.0 Å². The summed E-state index contributed by atoms with van der Waals surface area (Å²) < 4.78 is 6.13. The van der Waals surface area contributed by atoms with Gasteiger partial charge in [0.2, 0.25) is 5.91 Å². The molecule has 1 aliphatic heterocycles. The number of aliphatic hydroxyl groups is 1. The van der Waals surface area contributed by atoms with Crippen LogP contribution in [0.5, 0.6) is 5.75 Å². The number of fused-ring (bicyclic) bond motifs is 2. The maximum absolute atomic E-state index is 14.7. The predicted octanol–water partition coefficient (Wildman–Crippen LogP) is 6.07. The zero-order chi connectivity index (χ0) is 38.9. The highest BCUT2D eigenvalue weighted by molar-refractivity contribution is 5.97. The van der Waals surface area contributed by atoms with Gasteiger partial charge in [0.05, 0.1) is 25.9 Å². The first-order valence-corrected chi connectivity index (χ1v) is 19.8. The lowest BCUT2D eigenvalue weighted by molar-refractivity contribution is -0.180. The monoisotopic (exact) mass is 734 g/mol. The first-order chi connectivity index (χ1) is 25.0. The molecule has 0 aromatic heterocycles. The van der Waals surface area contributed by atoms with Crippen LogP contribution in [-0.4, -0.2) is 99.1 Å². The number of para-hydroxylation sites is 1. The molecule has 10 nitrogen and oxygen atoms in total. The van der Waals surface area contributed by atoms with Crippen LogP contribution in [0.2, 0.25) is 0 Å². The summed E-state index contributed by atoms with van der Waals surface area (Å²) in [6.07, 6.45) is 1.04. The number of carbonyl (C=O) groups is 2. The number of methoxy groups -OCH3 is 1. The van der Waals surface area contributed by atoms with Gasteiger partial charge in [-0.2, -0.15) is 5.06 Å². The van der Waals surface area contributed by atoms with Gasteiger partial charge in [0.25, 0.3) is 5.91 Å². The molecule has 2 unspecified atom stereocenters. The van der Waals surface area contributed by atoms with Crippen molar-refractivity contribution in [2.75, 3.05) is 52.8 Å². The standard InChI is InChI=1S/C43H67N5O5/c1-25(2)21-47(22-26(3)4)24-37-38(28(6)49)39(42(51)45-36-20-32-19-35(27(36)5)43(32,7)8)48(53-37)23-29-14-13-15-34(40(29)52-12)30-16-31(41(50)44-9)18-33(17-30)46(10)11/h13-18,25-28,32,35-39,49H,19-24H2,1-12H3,(H,44,50)(H,45,51)/t27?,28-,32+,35-,36-,37?,38+,39-/m0/s1. The molecule has 8 atom stereocenters. The van der Waals surface area contributed by atoms with Gasteiger partial charge in [0, 0.05) is 75.1 Å². The molecule has 10 heteroatoms. The molecule has 2 aromatic carbocycles. The van der Waals surface area contributed by atoms with Crippen molar-refractivity contribution < 1.29 is 24.3 Å². The summed E-state index contributed by atoms with van der Waals surface area (Å²) in [4.78, 5) is 38.8. The Morgan fingerprint density at radius 3 is 2.28 bits per heavy atom. The van der Waals surface area contributed by atoms with E-state index >= 15 is 0 Å². The second-order valence-electron chi connectivity index (χ2n) is 17.8. The van der Waals surface area contributed by atoms with Crippen LogP contribution in [0.15, 0.2) is 36.4 Å². The van der Waals surface area contributed by atoms with Gasteiger partial charge >= 0.3 is 0 Å². The summed E-state index contributed by atoms with van der Waals surface area (Å²) in [6, 6.07) is 11.2. The summed E-state index contributed by atoms with van der Waals surface area (Å²) >= 11 is 0. The van der Waals surface area contributed by atoms with E-state index in [-0.39, 0.29) is 30.5 Å². The van der Waals surface area contributed by atoms with Crippen molar-refractivity contribution in [2.45, 2.75) is 99.1 Å². The minimum absolute atomic E-state index is 0.0855. The first-order valence-electron chi connectivity index (χ1n) is 19.8. The number of hydrogen-bond donors (Lipinski definition) is 3. The zero-order valence-corrected chi connectivity index (χ0v) is 34.4. The van der Waals surface area contributed by atoms with Gasteiger partial charge in [-0.1, -0.05) is 66.7 Å². The normalized spacial score (nSPS) is 27.1. The van der Waals surface area contributed by atoms with Gasteiger partial charge in [-0.05, 0) is 78.5 Å². The summed E-state index contributed by atoms with van der Waals surface area (Å²) in [5, 5.41) is 19.5. The molecule has 0 spiro atoms. The molecule has 2 amide bonds. The summed E-state index contributed by atoms with van der Waals surface area (Å²) in [6.45, 7) is 20.4. The average Bonchev–Trinajstić information content (AvgIpc) is 3.44. The molecule has 294 valence electrons. The van der Waals surface area contributed by atoms with Crippen molar-refractivity contribution in [3.63, 3.8) is 0 Å². The Bertz CT molecular complexity index is 1580. The van der Waals surface area contributed by atoms with Crippen LogP contribution in [0.3, 0.4) is 0 Å². The number of aliphatic hydroxyl groups excluding tert-OH is 1. The van der Waals surface area contributed by atoms with Crippen LogP contribution in [0, 0.1) is 40.9 Å². The predicted molar refractivity (Wildman–Crippen MR) is 213 cm³/mol. The third-order valence-electron chi connectivity index (χ3n) is 12.4. The van der Waals surface area contributed by atoms with Crippen LogP contribution >= 0.6 is 0 Å². The Hall–Kier alpha value is -3.18. The maximum Gasteiger partial charge on any atom is 0.251 e. The highest BCUT2D eigenvalue weighted by Gasteiger charge is 2.57. The number of benzene rings is 2. The molecular formula is C43H67N5O5.